The van der Waals surface area contributed by atoms with Crippen LogP contribution in [0.2, 0.25) is 0 Å². The van der Waals surface area contributed by atoms with E-state index in [2.05, 4.69) is 0 Å². The smallest absolute Gasteiger partial charge is 0.224 e. The molecule has 0 radical (unpaired) electrons. The van der Waals surface area contributed by atoms with Crippen molar-refractivity contribution in [2.45, 2.75) is 35.9 Å². The van der Waals surface area contributed by atoms with E-state index in [0.29, 0.717) is 0 Å². The van der Waals surface area contributed by atoms with E-state index < -0.39 is 47.8 Å². The van der Waals surface area contributed by atoms with Crippen LogP contribution in [0.4, 0.5) is 13.2 Å². The summed E-state index contributed by atoms with van der Waals surface area (Å²) in [7, 11) is -8.56. The maximum atomic E-state index is 12.9. The Morgan fingerprint density at radius 3 is 1.82 bits per heavy atom. The van der Waals surface area contributed by atoms with Crippen molar-refractivity contribution >= 4 is 19.9 Å². The SMILES string of the molecule is CC(C)C(NS(=O)(=O)c1ccccc1S(C)(=O)=O)C(F)(F)F. The van der Waals surface area contributed by atoms with Crippen molar-refractivity contribution in [1.29, 1.82) is 0 Å². The molecule has 0 aliphatic rings. The van der Waals surface area contributed by atoms with Gasteiger partial charge in [0.1, 0.15) is 10.9 Å². The molecule has 1 rings (SSSR count). The van der Waals surface area contributed by atoms with Crippen LogP contribution in [-0.4, -0.2) is 35.3 Å². The molecule has 0 bridgehead atoms. The lowest BCUT2D eigenvalue weighted by molar-refractivity contribution is -0.160. The van der Waals surface area contributed by atoms with E-state index in [4.69, 9.17) is 0 Å². The third kappa shape index (κ3) is 4.43. The first kappa shape index (κ1) is 18.9. The second-order valence-corrected chi connectivity index (χ2v) is 8.77. The molecule has 0 aliphatic carbocycles. The van der Waals surface area contributed by atoms with E-state index in [1.54, 1.807) is 4.72 Å². The number of alkyl halides is 3. The first-order valence-corrected chi connectivity index (χ1v) is 9.52. The van der Waals surface area contributed by atoms with Crippen LogP contribution < -0.4 is 4.72 Å². The molecule has 5 nitrogen and oxygen atoms in total. The Bertz CT molecular complexity index is 740. The largest absolute Gasteiger partial charge is 0.405 e. The average Bonchev–Trinajstić information content (AvgIpc) is 2.33. The van der Waals surface area contributed by atoms with Gasteiger partial charge < -0.3 is 0 Å². The van der Waals surface area contributed by atoms with Crippen molar-refractivity contribution in [2.75, 3.05) is 6.26 Å². The first-order chi connectivity index (χ1) is 9.77. The predicted octanol–water partition coefficient (Wildman–Crippen LogP) is 1.96. The molecule has 1 N–H and O–H groups in total. The molecule has 0 fully saturated rings. The van der Waals surface area contributed by atoms with Crippen molar-refractivity contribution in [3.63, 3.8) is 0 Å². The highest BCUT2D eigenvalue weighted by molar-refractivity contribution is 7.93. The molecule has 1 aromatic carbocycles. The summed E-state index contributed by atoms with van der Waals surface area (Å²) < 4.78 is 87.8. The zero-order valence-electron chi connectivity index (χ0n) is 12.0. The van der Waals surface area contributed by atoms with Crippen molar-refractivity contribution in [3.8, 4) is 0 Å². The predicted molar refractivity (Wildman–Crippen MR) is 74.6 cm³/mol. The molecular formula is C12H16F3NO4S2. The minimum atomic E-state index is -4.79. The lowest BCUT2D eigenvalue weighted by Gasteiger charge is -2.25. The monoisotopic (exact) mass is 359 g/mol. The standard InChI is InChI=1S/C12H16F3NO4S2/c1-8(2)11(12(13,14)15)16-22(19,20)10-7-5-4-6-9(10)21(3,17)18/h4-8,11,16H,1-3H3. The normalized spacial score (nSPS) is 15.0. The highest BCUT2D eigenvalue weighted by atomic mass is 32.2. The number of halogens is 3. The van der Waals surface area contributed by atoms with Gasteiger partial charge in [-0.2, -0.15) is 17.9 Å². The fraction of sp³-hybridized carbons (Fsp3) is 0.500. The molecule has 0 aliphatic heterocycles. The Morgan fingerprint density at radius 1 is 1.00 bits per heavy atom. The van der Waals surface area contributed by atoms with Crippen LogP contribution in [0.15, 0.2) is 34.1 Å². The number of sulfone groups is 1. The molecule has 0 aromatic heterocycles. The second-order valence-electron chi connectivity index (χ2n) is 5.10. The summed E-state index contributed by atoms with van der Waals surface area (Å²) in [4.78, 5) is -1.25. The molecular weight excluding hydrogens is 343 g/mol. The van der Waals surface area contributed by atoms with Gasteiger partial charge in [0.15, 0.2) is 9.84 Å². The zero-order valence-corrected chi connectivity index (χ0v) is 13.7. The van der Waals surface area contributed by atoms with Gasteiger partial charge in [-0.05, 0) is 18.1 Å². The molecule has 10 heteroatoms. The minimum absolute atomic E-state index is 0.549. The van der Waals surface area contributed by atoms with Gasteiger partial charge in [0.2, 0.25) is 10.0 Å². The van der Waals surface area contributed by atoms with Crippen molar-refractivity contribution in [3.05, 3.63) is 24.3 Å². The van der Waals surface area contributed by atoms with Crippen LogP contribution in [0, 0.1) is 5.92 Å². The zero-order chi connectivity index (χ0) is 17.3. The number of benzene rings is 1. The summed E-state index contributed by atoms with van der Waals surface area (Å²) in [6.07, 6.45) is -4.01. The molecule has 0 heterocycles. The van der Waals surface area contributed by atoms with Crippen molar-refractivity contribution in [1.82, 2.24) is 4.72 Å². The average molecular weight is 359 g/mol. The Balaban J connectivity index is 3.38. The third-order valence-electron chi connectivity index (χ3n) is 2.84. The van der Waals surface area contributed by atoms with Gasteiger partial charge in [-0.25, -0.2) is 16.8 Å². The maximum Gasteiger partial charge on any atom is 0.405 e. The minimum Gasteiger partial charge on any atom is -0.224 e. The van der Waals surface area contributed by atoms with Gasteiger partial charge in [-0.15, -0.1) is 0 Å². The molecule has 0 spiro atoms. The molecule has 22 heavy (non-hydrogen) atoms. The molecule has 0 saturated carbocycles. The summed E-state index contributed by atoms with van der Waals surface area (Å²) in [6, 6.07) is 2.19. The van der Waals surface area contributed by atoms with Gasteiger partial charge in [-0.3, -0.25) is 0 Å². The Labute approximate surface area is 127 Å². The lowest BCUT2D eigenvalue weighted by Crippen LogP contribution is -2.48. The third-order valence-corrected chi connectivity index (χ3v) is 5.62. The maximum absolute atomic E-state index is 12.9. The Morgan fingerprint density at radius 2 is 1.45 bits per heavy atom. The highest BCUT2D eigenvalue weighted by Crippen LogP contribution is 2.28. The molecule has 1 aromatic rings. The van der Waals surface area contributed by atoms with Gasteiger partial charge in [-0.1, -0.05) is 26.0 Å². The number of hydrogen-bond donors (Lipinski definition) is 1. The van der Waals surface area contributed by atoms with Crippen molar-refractivity contribution < 1.29 is 30.0 Å². The fourth-order valence-electron chi connectivity index (χ4n) is 1.79. The molecule has 0 saturated heterocycles. The van der Waals surface area contributed by atoms with Crippen LogP contribution in [0.1, 0.15) is 13.8 Å². The van der Waals surface area contributed by atoms with Crippen molar-refractivity contribution in [2.24, 2.45) is 5.92 Å². The van der Waals surface area contributed by atoms with Gasteiger partial charge in [0, 0.05) is 6.26 Å². The number of nitrogens with one attached hydrogen (secondary N) is 1. The van der Waals surface area contributed by atoms with Gasteiger partial charge >= 0.3 is 6.18 Å². The van der Waals surface area contributed by atoms with Crippen LogP contribution in [0.25, 0.3) is 0 Å². The Hall–Kier alpha value is -1.13. The summed E-state index contributed by atoms with van der Waals surface area (Å²) in [5.74, 6) is -1.06. The number of rotatable bonds is 5. The Kier molecular flexibility index (Phi) is 5.30. The molecule has 126 valence electrons. The van der Waals surface area contributed by atoms with E-state index in [1.165, 1.54) is 26.0 Å². The van der Waals surface area contributed by atoms with Crippen LogP contribution >= 0.6 is 0 Å². The highest BCUT2D eigenvalue weighted by Gasteiger charge is 2.44. The summed E-state index contributed by atoms with van der Waals surface area (Å²) in [5, 5.41) is 0. The van der Waals surface area contributed by atoms with Gasteiger partial charge in [0.25, 0.3) is 0 Å². The number of sulfonamides is 1. The van der Waals surface area contributed by atoms with Gasteiger partial charge in [0.05, 0.1) is 4.90 Å². The molecule has 0 amide bonds. The van der Waals surface area contributed by atoms with E-state index in [1.807, 2.05) is 0 Å². The fourth-order valence-corrected chi connectivity index (χ4v) is 4.79. The second kappa shape index (κ2) is 6.17. The number of hydrogen-bond acceptors (Lipinski definition) is 4. The van der Waals surface area contributed by atoms with E-state index in [9.17, 15) is 30.0 Å². The summed E-state index contributed by atoms with van der Waals surface area (Å²) >= 11 is 0. The van der Waals surface area contributed by atoms with Crippen LogP contribution in [-0.2, 0) is 19.9 Å². The van der Waals surface area contributed by atoms with Crippen LogP contribution in [0.5, 0.6) is 0 Å². The topological polar surface area (TPSA) is 80.3 Å². The summed E-state index contributed by atoms with van der Waals surface area (Å²) in [5.41, 5.74) is 0. The van der Waals surface area contributed by atoms with E-state index in [0.717, 1.165) is 18.4 Å². The molecule has 1 atom stereocenters. The van der Waals surface area contributed by atoms with Crippen LogP contribution in [0.3, 0.4) is 0 Å². The quantitative estimate of drug-likeness (QED) is 0.871. The lowest BCUT2D eigenvalue weighted by atomic mass is 10.1. The first-order valence-electron chi connectivity index (χ1n) is 6.15. The van der Waals surface area contributed by atoms with E-state index >= 15 is 0 Å². The molecule has 1 unspecified atom stereocenters. The summed E-state index contributed by atoms with van der Waals surface area (Å²) in [6.45, 7) is 2.42. The van der Waals surface area contributed by atoms with E-state index in [-0.39, 0.29) is 0 Å².